The highest BCUT2D eigenvalue weighted by molar-refractivity contribution is 5.34. The Bertz CT molecular complexity index is 752. The van der Waals surface area contributed by atoms with Crippen molar-refractivity contribution in [2.45, 2.75) is 13.0 Å². The normalized spacial score (nSPS) is 12.3. The molecule has 0 saturated heterocycles. The van der Waals surface area contributed by atoms with Gasteiger partial charge in [0, 0.05) is 17.3 Å². The van der Waals surface area contributed by atoms with Crippen LogP contribution in [0.2, 0.25) is 0 Å². The molecule has 0 bridgehead atoms. The van der Waals surface area contributed by atoms with E-state index < -0.39 is 11.9 Å². The number of aryl methyl sites for hydroxylation is 1. The maximum absolute atomic E-state index is 13.9. The Kier molecular flexibility index (Phi) is 3.54. The van der Waals surface area contributed by atoms with Gasteiger partial charge in [0.05, 0.1) is 11.9 Å². The first-order chi connectivity index (χ1) is 10.1. The largest absolute Gasteiger partial charge is 0.383 e. The molecule has 0 fully saturated rings. The van der Waals surface area contributed by atoms with Crippen molar-refractivity contribution >= 4 is 0 Å². The van der Waals surface area contributed by atoms with Crippen LogP contribution >= 0.6 is 0 Å². The monoisotopic (exact) mass is 282 g/mol. The summed E-state index contributed by atoms with van der Waals surface area (Å²) in [5.74, 6) is -0.407. The van der Waals surface area contributed by atoms with Crippen molar-refractivity contribution in [2.75, 3.05) is 0 Å². The van der Waals surface area contributed by atoms with Crippen LogP contribution in [0.4, 0.5) is 4.39 Å². The Morgan fingerprint density at radius 1 is 1.14 bits per heavy atom. The van der Waals surface area contributed by atoms with E-state index in [-0.39, 0.29) is 5.56 Å². The molecule has 0 aliphatic carbocycles. The molecule has 0 aliphatic heterocycles. The standard InChI is InChI=1S/C17H15FN2O/c1-12-7-8-15(16(18)9-12)17(21)13-10-19-20(11-13)14-5-3-2-4-6-14/h2-11,17,21H,1H3. The number of aromatic nitrogens is 2. The fourth-order valence-electron chi connectivity index (χ4n) is 2.23. The van der Waals surface area contributed by atoms with E-state index in [1.807, 2.05) is 37.3 Å². The zero-order valence-corrected chi connectivity index (χ0v) is 11.6. The summed E-state index contributed by atoms with van der Waals surface area (Å²) >= 11 is 0. The highest BCUT2D eigenvalue weighted by Gasteiger charge is 2.17. The fraction of sp³-hybridized carbons (Fsp3) is 0.118. The Balaban J connectivity index is 1.92. The average molecular weight is 282 g/mol. The number of aliphatic hydroxyl groups excluding tert-OH is 1. The van der Waals surface area contributed by atoms with Gasteiger partial charge in [-0.05, 0) is 30.7 Å². The van der Waals surface area contributed by atoms with E-state index in [1.165, 1.54) is 6.07 Å². The van der Waals surface area contributed by atoms with E-state index in [4.69, 9.17) is 0 Å². The summed E-state index contributed by atoms with van der Waals surface area (Å²) in [6.07, 6.45) is 2.24. The van der Waals surface area contributed by atoms with Gasteiger partial charge in [-0.3, -0.25) is 0 Å². The number of benzene rings is 2. The topological polar surface area (TPSA) is 38.1 Å². The summed E-state index contributed by atoms with van der Waals surface area (Å²) in [7, 11) is 0. The summed E-state index contributed by atoms with van der Waals surface area (Å²) < 4.78 is 15.6. The van der Waals surface area contributed by atoms with Crippen LogP contribution in [0.5, 0.6) is 0 Å². The first-order valence-electron chi connectivity index (χ1n) is 6.69. The average Bonchev–Trinajstić information content (AvgIpc) is 2.97. The third-order valence-corrected chi connectivity index (χ3v) is 3.39. The number of hydrogen-bond acceptors (Lipinski definition) is 2. The minimum atomic E-state index is -1.02. The Morgan fingerprint density at radius 3 is 2.62 bits per heavy atom. The quantitative estimate of drug-likeness (QED) is 0.799. The number of aliphatic hydroxyl groups is 1. The Labute approximate surface area is 122 Å². The third kappa shape index (κ3) is 2.71. The minimum absolute atomic E-state index is 0.258. The van der Waals surface area contributed by atoms with E-state index in [1.54, 1.807) is 29.2 Å². The predicted molar refractivity (Wildman–Crippen MR) is 78.8 cm³/mol. The van der Waals surface area contributed by atoms with Crippen LogP contribution in [0, 0.1) is 12.7 Å². The van der Waals surface area contributed by atoms with E-state index in [0.29, 0.717) is 5.56 Å². The van der Waals surface area contributed by atoms with Gasteiger partial charge in [-0.15, -0.1) is 0 Å². The van der Waals surface area contributed by atoms with Gasteiger partial charge in [-0.2, -0.15) is 5.10 Å². The van der Waals surface area contributed by atoms with Gasteiger partial charge in [0.2, 0.25) is 0 Å². The van der Waals surface area contributed by atoms with E-state index in [2.05, 4.69) is 5.10 Å². The molecule has 1 atom stereocenters. The lowest BCUT2D eigenvalue weighted by Gasteiger charge is -2.10. The molecule has 4 heteroatoms. The van der Waals surface area contributed by atoms with Crippen LogP contribution in [0.25, 0.3) is 5.69 Å². The lowest BCUT2D eigenvalue weighted by molar-refractivity contribution is 0.215. The number of halogens is 1. The molecule has 3 nitrogen and oxygen atoms in total. The molecule has 0 amide bonds. The summed E-state index contributed by atoms with van der Waals surface area (Å²) in [5.41, 5.74) is 2.53. The molecular weight excluding hydrogens is 267 g/mol. The summed E-state index contributed by atoms with van der Waals surface area (Å²) in [6.45, 7) is 1.81. The van der Waals surface area contributed by atoms with Gasteiger partial charge in [0.1, 0.15) is 11.9 Å². The van der Waals surface area contributed by atoms with Crippen LogP contribution in [0.1, 0.15) is 22.8 Å². The van der Waals surface area contributed by atoms with E-state index >= 15 is 0 Å². The highest BCUT2D eigenvalue weighted by Crippen LogP contribution is 2.25. The van der Waals surface area contributed by atoms with Gasteiger partial charge in [-0.25, -0.2) is 9.07 Å². The number of rotatable bonds is 3. The van der Waals surface area contributed by atoms with Crippen molar-refractivity contribution in [1.82, 2.24) is 9.78 Å². The molecule has 1 N–H and O–H groups in total. The van der Waals surface area contributed by atoms with Crippen molar-refractivity contribution in [2.24, 2.45) is 0 Å². The van der Waals surface area contributed by atoms with Crippen LogP contribution in [-0.4, -0.2) is 14.9 Å². The van der Waals surface area contributed by atoms with Crippen molar-refractivity contribution in [3.63, 3.8) is 0 Å². The number of para-hydroxylation sites is 1. The van der Waals surface area contributed by atoms with Crippen LogP contribution in [-0.2, 0) is 0 Å². The summed E-state index contributed by atoms with van der Waals surface area (Å²) in [5, 5.41) is 14.5. The molecule has 0 spiro atoms. The molecule has 0 radical (unpaired) electrons. The maximum atomic E-state index is 13.9. The van der Waals surface area contributed by atoms with E-state index in [9.17, 15) is 9.50 Å². The van der Waals surface area contributed by atoms with Crippen molar-refractivity contribution in [3.05, 3.63) is 83.4 Å². The first-order valence-corrected chi connectivity index (χ1v) is 6.69. The first kappa shape index (κ1) is 13.5. The van der Waals surface area contributed by atoms with Crippen LogP contribution in [0.15, 0.2) is 60.9 Å². The Hall–Kier alpha value is -2.46. The molecule has 106 valence electrons. The molecule has 21 heavy (non-hydrogen) atoms. The second-order valence-corrected chi connectivity index (χ2v) is 4.98. The van der Waals surface area contributed by atoms with Crippen LogP contribution < -0.4 is 0 Å². The second kappa shape index (κ2) is 5.50. The van der Waals surface area contributed by atoms with Gasteiger partial charge in [-0.1, -0.05) is 30.3 Å². The molecule has 2 aromatic carbocycles. The Morgan fingerprint density at radius 2 is 1.90 bits per heavy atom. The molecular formula is C17H15FN2O. The van der Waals surface area contributed by atoms with Gasteiger partial charge in [0.15, 0.2) is 0 Å². The second-order valence-electron chi connectivity index (χ2n) is 4.98. The SMILES string of the molecule is Cc1ccc(C(O)c2cnn(-c3ccccc3)c2)c(F)c1. The smallest absolute Gasteiger partial charge is 0.129 e. The van der Waals surface area contributed by atoms with Gasteiger partial charge in [0.25, 0.3) is 0 Å². The molecule has 1 aromatic heterocycles. The van der Waals surface area contributed by atoms with Crippen LogP contribution in [0.3, 0.4) is 0 Å². The molecule has 1 heterocycles. The van der Waals surface area contributed by atoms with Crippen molar-refractivity contribution in [3.8, 4) is 5.69 Å². The number of hydrogen-bond donors (Lipinski definition) is 1. The molecule has 1 unspecified atom stereocenters. The van der Waals surface area contributed by atoms with Gasteiger partial charge >= 0.3 is 0 Å². The molecule has 0 saturated carbocycles. The highest BCUT2D eigenvalue weighted by atomic mass is 19.1. The van der Waals surface area contributed by atoms with Gasteiger partial charge < -0.3 is 5.11 Å². The van der Waals surface area contributed by atoms with E-state index in [0.717, 1.165) is 11.3 Å². The number of nitrogens with zero attached hydrogens (tertiary/aromatic N) is 2. The zero-order chi connectivity index (χ0) is 14.8. The third-order valence-electron chi connectivity index (χ3n) is 3.39. The lowest BCUT2D eigenvalue weighted by Crippen LogP contribution is -2.02. The molecule has 3 aromatic rings. The van der Waals surface area contributed by atoms with Crippen molar-refractivity contribution < 1.29 is 9.50 Å². The molecule has 0 aliphatic rings. The summed E-state index contributed by atoms with van der Waals surface area (Å²) in [6, 6.07) is 14.4. The lowest BCUT2D eigenvalue weighted by atomic mass is 10.0. The maximum Gasteiger partial charge on any atom is 0.129 e. The van der Waals surface area contributed by atoms with Crippen molar-refractivity contribution in [1.29, 1.82) is 0 Å². The minimum Gasteiger partial charge on any atom is -0.383 e. The molecule has 3 rings (SSSR count). The summed E-state index contributed by atoms with van der Waals surface area (Å²) in [4.78, 5) is 0. The fourth-order valence-corrected chi connectivity index (χ4v) is 2.23. The zero-order valence-electron chi connectivity index (χ0n) is 11.6. The predicted octanol–water partition coefficient (Wildman–Crippen LogP) is 3.40.